The van der Waals surface area contributed by atoms with Crippen LogP contribution >= 0.6 is 11.8 Å². The SMILES string of the molecule is C#CCNC(=NCc1ccc(SC)cc1)NCC. The second-order valence-corrected chi connectivity index (χ2v) is 4.48. The van der Waals surface area contributed by atoms with E-state index >= 15 is 0 Å². The fourth-order valence-electron chi connectivity index (χ4n) is 1.38. The maximum absolute atomic E-state index is 5.21. The molecule has 1 rings (SSSR count). The molecule has 0 unspecified atom stereocenters. The van der Waals surface area contributed by atoms with E-state index in [-0.39, 0.29) is 0 Å². The molecule has 0 amide bonds. The Kier molecular flexibility index (Phi) is 6.82. The number of guanidine groups is 1. The van der Waals surface area contributed by atoms with E-state index < -0.39 is 0 Å². The van der Waals surface area contributed by atoms with Gasteiger partial charge in [-0.1, -0.05) is 18.1 Å². The van der Waals surface area contributed by atoms with E-state index in [1.165, 1.54) is 10.5 Å². The number of rotatable bonds is 5. The smallest absolute Gasteiger partial charge is 0.192 e. The molecule has 0 saturated carbocycles. The van der Waals surface area contributed by atoms with Crippen LogP contribution in [0.3, 0.4) is 0 Å². The van der Waals surface area contributed by atoms with E-state index in [4.69, 9.17) is 6.42 Å². The molecule has 0 radical (unpaired) electrons. The average molecular weight is 261 g/mol. The van der Waals surface area contributed by atoms with E-state index in [1.807, 2.05) is 6.92 Å². The Hall–Kier alpha value is -1.60. The van der Waals surface area contributed by atoms with Crippen LogP contribution in [-0.2, 0) is 6.54 Å². The molecule has 3 nitrogen and oxygen atoms in total. The molecule has 96 valence electrons. The van der Waals surface area contributed by atoms with Crippen LogP contribution in [0.15, 0.2) is 34.2 Å². The number of terminal acetylenes is 1. The summed E-state index contributed by atoms with van der Waals surface area (Å²) in [6.07, 6.45) is 7.28. The van der Waals surface area contributed by atoms with Gasteiger partial charge in [-0.3, -0.25) is 0 Å². The summed E-state index contributed by atoms with van der Waals surface area (Å²) in [5.41, 5.74) is 1.19. The lowest BCUT2D eigenvalue weighted by molar-refractivity contribution is 0.865. The Morgan fingerprint density at radius 1 is 1.33 bits per heavy atom. The van der Waals surface area contributed by atoms with Crippen LogP contribution in [-0.4, -0.2) is 25.3 Å². The molecule has 0 aliphatic rings. The van der Waals surface area contributed by atoms with Crippen LogP contribution in [0.25, 0.3) is 0 Å². The molecule has 4 heteroatoms. The van der Waals surface area contributed by atoms with E-state index in [2.05, 4.69) is 52.1 Å². The highest BCUT2D eigenvalue weighted by atomic mass is 32.2. The number of nitrogens with zero attached hydrogens (tertiary/aromatic N) is 1. The lowest BCUT2D eigenvalue weighted by Gasteiger charge is -2.08. The molecule has 18 heavy (non-hydrogen) atoms. The zero-order valence-electron chi connectivity index (χ0n) is 10.9. The zero-order chi connectivity index (χ0) is 13.2. The Bertz CT molecular complexity index is 418. The topological polar surface area (TPSA) is 36.4 Å². The number of thioether (sulfide) groups is 1. The highest BCUT2D eigenvalue weighted by molar-refractivity contribution is 7.98. The van der Waals surface area contributed by atoms with Gasteiger partial charge in [0.1, 0.15) is 0 Å². The first kappa shape index (κ1) is 14.5. The zero-order valence-corrected chi connectivity index (χ0v) is 11.7. The molecule has 1 aromatic carbocycles. The number of nitrogens with one attached hydrogen (secondary N) is 2. The lowest BCUT2D eigenvalue weighted by atomic mass is 10.2. The molecule has 0 heterocycles. The molecule has 0 aliphatic heterocycles. The predicted octanol–water partition coefficient (Wildman–Crippen LogP) is 2.10. The van der Waals surface area contributed by atoms with Gasteiger partial charge in [0.05, 0.1) is 13.1 Å². The summed E-state index contributed by atoms with van der Waals surface area (Å²) < 4.78 is 0. The van der Waals surface area contributed by atoms with Crippen molar-refractivity contribution in [1.82, 2.24) is 10.6 Å². The molecule has 0 saturated heterocycles. The fourth-order valence-corrected chi connectivity index (χ4v) is 1.79. The maximum atomic E-state index is 5.21. The van der Waals surface area contributed by atoms with Crippen molar-refractivity contribution >= 4 is 17.7 Å². The van der Waals surface area contributed by atoms with Crippen molar-refractivity contribution in [3.05, 3.63) is 29.8 Å². The van der Waals surface area contributed by atoms with Gasteiger partial charge >= 0.3 is 0 Å². The summed E-state index contributed by atoms with van der Waals surface area (Å²) >= 11 is 1.74. The molecule has 0 aromatic heterocycles. The van der Waals surface area contributed by atoms with Gasteiger partial charge in [0.2, 0.25) is 0 Å². The van der Waals surface area contributed by atoms with Gasteiger partial charge in [-0.25, -0.2) is 4.99 Å². The first-order chi connectivity index (χ1) is 8.80. The summed E-state index contributed by atoms with van der Waals surface area (Å²) in [7, 11) is 0. The first-order valence-corrected chi connectivity index (χ1v) is 7.11. The number of hydrogen-bond acceptors (Lipinski definition) is 2. The third-order valence-electron chi connectivity index (χ3n) is 2.28. The first-order valence-electron chi connectivity index (χ1n) is 5.88. The molecule has 0 aliphatic carbocycles. The molecule has 2 N–H and O–H groups in total. The molecule has 0 spiro atoms. The Labute approximate surface area is 113 Å². The van der Waals surface area contributed by atoms with Crippen molar-refractivity contribution in [2.45, 2.75) is 18.4 Å². The minimum atomic E-state index is 0.483. The maximum Gasteiger partial charge on any atom is 0.192 e. The number of aliphatic imine (C=N–C) groups is 1. The molecular formula is C14H19N3S. The van der Waals surface area contributed by atoms with Crippen LogP contribution < -0.4 is 10.6 Å². The summed E-state index contributed by atoms with van der Waals surface area (Å²) in [6, 6.07) is 8.41. The average Bonchev–Trinajstić information content (AvgIpc) is 2.42. The largest absolute Gasteiger partial charge is 0.357 e. The van der Waals surface area contributed by atoms with Gasteiger partial charge in [0.25, 0.3) is 0 Å². The fraction of sp³-hybridized carbons (Fsp3) is 0.357. The molecule has 0 atom stereocenters. The number of hydrogen-bond donors (Lipinski definition) is 2. The van der Waals surface area contributed by atoms with Gasteiger partial charge in [0.15, 0.2) is 5.96 Å². The quantitative estimate of drug-likeness (QED) is 0.369. The second-order valence-electron chi connectivity index (χ2n) is 3.60. The van der Waals surface area contributed by atoms with Crippen molar-refractivity contribution in [2.75, 3.05) is 19.3 Å². The third kappa shape index (κ3) is 5.15. The Balaban J connectivity index is 2.59. The van der Waals surface area contributed by atoms with Gasteiger partial charge in [-0.2, -0.15) is 0 Å². The van der Waals surface area contributed by atoms with E-state index in [0.717, 1.165) is 12.5 Å². The van der Waals surface area contributed by atoms with Crippen LogP contribution in [0.1, 0.15) is 12.5 Å². The van der Waals surface area contributed by atoms with E-state index in [9.17, 15) is 0 Å². The monoisotopic (exact) mass is 261 g/mol. The van der Waals surface area contributed by atoms with Crippen LogP contribution in [0.2, 0.25) is 0 Å². The van der Waals surface area contributed by atoms with Gasteiger partial charge < -0.3 is 10.6 Å². The molecule has 0 fully saturated rings. The van der Waals surface area contributed by atoms with Crippen LogP contribution in [0.5, 0.6) is 0 Å². The number of benzene rings is 1. The minimum Gasteiger partial charge on any atom is -0.357 e. The standard InChI is InChI=1S/C14H19N3S/c1-4-10-16-14(15-5-2)17-11-12-6-8-13(18-3)9-7-12/h1,6-9H,5,10-11H2,2-3H3,(H2,15,16,17). The second kappa shape index (κ2) is 8.48. The van der Waals surface area contributed by atoms with Crippen LogP contribution in [0, 0.1) is 12.3 Å². The summed E-state index contributed by atoms with van der Waals surface area (Å²) in [4.78, 5) is 5.73. The van der Waals surface area contributed by atoms with Crippen molar-refractivity contribution in [2.24, 2.45) is 4.99 Å². The summed E-state index contributed by atoms with van der Waals surface area (Å²) in [5.74, 6) is 3.29. The predicted molar refractivity (Wildman–Crippen MR) is 79.9 cm³/mol. The third-order valence-corrected chi connectivity index (χ3v) is 3.02. The van der Waals surface area contributed by atoms with Crippen molar-refractivity contribution in [1.29, 1.82) is 0 Å². The van der Waals surface area contributed by atoms with Crippen molar-refractivity contribution in [3.8, 4) is 12.3 Å². The molecule has 0 bridgehead atoms. The Morgan fingerprint density at radius 3 is 2.61 bits per heavy atom. The lowest BCUT2D eigenvalue weighted by Crippen LogP contribution is -2.37. The van der Waals surface area contributed by atoms with Crippen molar-refractivity contribution in [3.63, 3.8) is 0 Å². The molecular weight excluding hydrogens is 242 g/mol. The van der Waals surface area contributed by atoms with Crippen LogP contribution in [0.4, 0.5) is 0 Å². The summed E-state index contributed by atoms with van der Waals surface area (Å²) in [6.45, 7) is 3.98. The highest BCUT2D eigenvalue weighted by Crippen LogP contribution is 2.15. The van der Waals surface area contributed by atoms with Gasteiger partial charge in [-0.15, -0.1) is 18.2 Å². The minimum absolute atomic E-state index is 0.483. The van der Waals surface area contributed by atoms with E-state index in [1.54, 1.807) is 11.8 Å². The molecule has 1 aromatic rings. The van der Waals surface area contributed by atoms with Crippen molar-refractivity contribution < 1.29 is 0 Å². The van der Waals surface area contributed by atoms with Gasteiger partial charge in [0, 0.05) is 11.4 Å². The van der Waals surface area contributed by atoms with Gasteiger partial charge in [-0.05, 0) is 30.9 Å². The highest BCUT2D eigenvalue weighted by Gasteiger charge is 1.96. The van der Waals surface area contributed by atoms with E-state index in [0.29, 0.717) is 13.1 Å². The normalized spacial score (nSPS) is 10.8. The Morgan fingerprint density at radius 2 is 2.06 bits per heavy atom. The summed E-state index contributed by atoms with van der Waals surface area (Å²) in [5, 5.41) is 6.21.